The number of urea groups is 1. The summed E-state index contributed by atoms with van der Waals surface area (Å²) >= 11 is 0. The van der Waals surface area contributed by atoms with Gasteiger partial charge >= 0.3 is 12.0 Å². The van der Waals surface area contributed by atoms with Crippen molar-refractivity contribution in [2.24, 2.45) is 11.5 Å². The Balaban J connectivity index is 3.33. The molecule has 0 unspecified atom stereocenters. The summed E-state index contributed by atoms with van der Waals surface area (Å²) in [6, 6.07) is 3.09. The zero-order chi connectivity index (χ0) is 14.6. The molecule has 0 bridgehead atoms. The standard InChI is InChI=1S/C11H13N3O5/c1-19-6-2-3-8(7(4-6)10(12)17)14(11(13)18)5-9(15)16/h2-4H,5H2,1H3,(H2,12,17)(H2,13,18)(H,15,16). The SMILES string of the molecule is COc1ccc(N(CC(=O)O)C(N)=O)c(C(N)=O)c1. The first-order valence-corrected chi connectivity index (χ1v) is 5.13. The molecule has 0 aliphatic heterocycles. The van der Waals surface area contributed by atoms with E-state index in [4.69, 9.17) is 21.3 Å². The number of rotatable bonds is 5. The van der Waals surface area contributed by atoms with Crippen LogP contribution >= 0.6 is 0 Å². The summed E-state index contributed by atoms with van der Waals surface area (Å²) in [5, 5.41) is 8.73. The number of ether oxygens (including phenoxy) is 1. The number of primary amides is 2. The molecule has 5 N–H and O–H groups in total. The molecule has 19 heavy (non-hydrogen) atoms. The van der Waals surface area contributed by atoms with Crippen LogP contribution in [0.2, 0.25) is 0 Å². The Labute approximate surface area is 108 Å². The van der Waals surface area contributed by atoms with Gasteiger partial charge in [0, 0.05) is 0 Å². The number of carboxylic acids is 1. The van der Waals surface area contributed by atoms with Gasteiger partial charge in [-0.15, -0.1) is 0 Å². The molecule has 0 aromatic heterocycles. The van der Waals surface area contributed by atoms with Gasteiger partial charge in [0.25, 0.3) is 5.91 Å². The van der Waals surface area contributed by atoms with E-state index >= 15 is 0 Å². The van der Waals surface area contributed by atoms with Crippen LogP contribution in [0.15, 0.2) is 18.2 Å². The maximum Gasteiger partial charge on any atom is 0.323 e. The molecule has 0 saturated carbocycles. The number of amides is 3. The van der Waals surface area contributed by atoms with E-state index in [-0.39, 0.29) is 11.3 Å². The molecule has 0 spiro atoms. The molecular weight excluding hydrogens is 254 g/mol. The van der Waals surface area contributed by atoms with Gasteiger partial charge in [0.05, 0.1) is 18.4 Å². The number of benzene rings is 1. The monoisotopic (exact) mass is 267 g/mol. The van der Waals surface area contributed by atoms with Gasteiger partial charge in [-0.2, -0.15) is 0 Å². The Morgan fingerprint density at radius 2 is 1.95 bits per heavy atom. The molecular formula is C11H13N3O5. The predicted octanol–water partition coefficient (Wildman–Crippen LogP) is -0.236. The average Bonchev–Trinajstić information content (AvgIpc) is 2.34. The van der Waals surface area contributed by atoms with Crippen LogP contribution in [-0.2, 0) is 4.79 Å². The number of hydrogen-bond donors (Lipinski definition) is 3. The van der Waals surface area contributed by atoms with Crippen molar-refractivity contribution in [3.05, 3.63) is 23.8 Å². The lowest BCUT2D eigenvalue weighted by Gasteiger charge is -2.20. The third kappa shape index (κ3) is 3.35. The fraction of sp³-hybridized carbons (Fsp3) is 0.182. The largest absolute Gasteiger partial charge is 0.497 e. The maximum absolute atomic E-state index is 11.3. The average molecular weight is 267 g/mol. The first kappa shape index (κ1) is 14.3. The highest BCUT2D eigenvalue weighted by Gasteiger charge is 2.21. The lowest BCUT2D eigenvalue weighted by atomic mass is 10.1. The van der Waals surface area contributed by atoms with E-state index in [0.717, 1.165) is 4.90 Å². The minimum Gasteiger partial charge on any atom is -0.497 e. The molecule has 3 amide bonds. The molecule has 0 saturated heterocycles. The molecule has 8 heteroatoms. The van der Waals surface area contributed by atoms with Gasteiger partial charge in [-0.25, -0.2) is 4.79 Å². The summed E-state index contributed by atoms with van der Waals surface area (Å²) in [5.41, 5.74) is 10.2. The quantitative estimate of drug-likeness (QED) is 0.676. The number of anilines is 1. The smallest absolute Gasteiger partial charge is 0.323 e. The fourth-order valence-electron chi connectivity index (χ4n) is 1.49. The topological polar surface area (TPSA) is 136 Å². The Morgan fingerprint density at radius 3 is 2.37 bits per heavy atom. The highest BCUT2D eigenvalue weighted by atomic mass is 16.5. The maximum atomic E-state index is 11.3. The summed E-state index contributed by atoms with van der Waals surface area (Å²) in [6.45, 7) is -0.679. The number of hydrogen-bond acceptors (Lipinski definition) is 4. The number of carbonyl (C=O) groups excluding carboxylic acids is 2. The lowest BCUT2D eigenvalue weighted by molar-refractivity contribution is -0.135. The summed E-state index contributed by atoms with van der Waals surface area (Å²) in [7, 11) is 1.39. The Kier molecular flexibility index (Phi) is 4.30. The van der Waals surface area contributed by atoms with Gasteiger partial charge in [0.2, 0.25) is 0 Å². The van der Waals surface area contributed by atoms with Crippen molar-refractivity contribution in [3.63, 3.8) is 0 Å². The first-order chi connectivity index (χ1) is 8.86. The number of nitrogens with two attached hydrogens (primary N) is 2. The van der Waals surface area contributed by atoms with Gasteiger partial charge in [0.15, 0.2) is 0 Å². The summed E-state index contributed by atoms with van der Waals surface area (Å²) in [6.07, 6.45) is 0. The van der Waals surface area contributed by atoms with E-state index < -0.39 is 24.5 Å². The fourth-order valence-corrected chi connectivity index (χ4v) is 1.49. The zero-order valence-corrected chi connectivity index (χ0v) is 10.1. The van der Waals surface area contributed by atoms with Crippen LogP contribution in [-0.4, -0.2) is 36.7 Å². The number of carboxylic acid groups (broad SMARTS) is 1. The molecule has 1 aromatic rings. The molecule has 0 fully saturated rings. The van der Waals surface area contributed by atoms with E-state index in [1.54, 1.807) is 0 Å². The van der Waals surface area contributed by atoms with Crippen LogP contribution in [0, 0.1) is 0 Å². The third-order valence-corrected chi connectivity index (χ3v) is 2.32. The Hall–Kier alpha value is -2.77. The molecule has 0 atom stereocenters. The van der Waals surface area contributed by atoms with E-state index in [0.29, 0.717) is 5.75 Å². The predicted molar refractivity (Wildman–Crippen MR) is 66.1 cm³/mol. The number of carbonyl (C=O) groups is 3. The Morgan fingerprint density at radius 1 is 1.32 bits per heavy atom. The number of methoxy groups -OCH3 is 1. The van der Waals surface area contributed by atoms with Crippen molar-refractivity contribution in [3.8, 4) is 5.75 Å². The normalized spacial score (nSPS) is 9.74. The summed E-state index contributed by atoms with van der Waals surface area (Å²) in [5.74, 6) is -1.76. The number of aliphatic carboxylic acids is 1. The highest BCUT2D eigenvalue weighted by Crippen LogP contribution is 2.25. The molecule has 1 aromatic carbocycles. The van der Waals surface area contributed by atoms with Crippen LogP contribution in [0.3, 0.4) is 0 Å². The van der Waals surface area contributed by atoms with Crippen molar-refractivity contribution in [1.29, 1.82) is 0 Å². The van der Waals surface area contributed by atoms with Crippen molar-refractivity contribution < 1.29 is 24.2 Å². The van der Waals surface area contributed by atoms with Crippen molar-refractivity contribution >= 4 is 23.6 Å². The second-order valence-corrected chi connectivity index (χ2v) is 3.57. The van der Waals surface area contributed by atoms with E-state index in [1.165, 1.54) is 25.3 Å². The second-order valence-electron chi connectivity index (χ2n) is 3.57. The van der Waals surface area contributed by atoms with Gasteiger partial charge in [-0.05, 0) is 18.2 Å². The molecule has 0 aliphatic rings. The van der Waals surface area contributed by atoms with E-state index in [9.17, 15) is 14.4 Å². The van der Waals surface area contributed by atoms with Gasteiger partial charge in [0.1, 0.15) is 12.3 Å². The number of nitrogens with zero attached hydrogens (tertiary/aromatic N) is 1. The van der Waals surface area contributed by atoms with Crippen molar-refractivity contribution in [2.75, 3.05) is 18.6 Å². The van der Waals surface area contributed by atoms with Crippen LogP contribution in [0.5, 0.6) is 5.75 Å². The second kappa shape index (κ2) is 5.71. The summed E-state index contributed by atoms with van der Waals surface area (Å²) in [4.78, 5) is 34.0. The van der Waals surface area contributed by atoms with Crippen LogP contribution in [0.1, 0.15) is 10.4 Å². The first-order valence-electron chi connectivity index (χ1n) is 5.13. The van der Waals surface area contributed by atoms with Gasteiger partial charge in [-0.1, -0.05) is 0 Å². The molecule has 0 heterocycles. The van der Waals surface area contributed by atoms with Gasteiger partial charge < -0.3 is 21.3 Å². The van der Waals surface area contributed by atoms with Crippen LogP contribution < -0.4 is 21.1 Å². The Bertz CT molecular complexity index is 529. The molecule has 1 rings (SSSR count). The molecule has 102 valence electrons. The zero-order valence-electron chi connectivity index (χ0n) is 10.1. The lowest BCUT2D eigenvalue weighted by Crippen LogP contribution is -2.40. The van der Waals surface area contributed by atoms with Crippen molar-refractivity contribution in [1.82, 2.24) is 0 Å². The van der Waals surface area contributed by atoms with E-state index in [2.05, 4.69) is 0 Å². The third-order valence-electron chi connectivity index (χ3n) is 2.32. The van der Waals surface area contributed by atoms with Crippen molar-refractivity contribution in [2.45, 2.75) is 0 Å². The minimum absolute atomic E-state index is 0.0169. The highest BCUT2D eigenvalue weighted by molar-refractivity contribution is 6.05. The van der Waals surface area contributed by atoms with Crippen LogP contribution in [0.25, 0.3) is 0 Å². The molecule has 0 radical (unpaired) electrons. The minimum atomic E-state index is -1.27. The molecule has 8 nitrogen and oxygen atoms in total. The molecule has 0 aliphatic carbocycles. The summed E-state index contributed by atoms with van der Waals surface area (Å²) < 4.78 is 4.92. The van der Waals surface area contributed by atoms with Gasteiger partial charge in [-0.3, -0.25) is 14.5 Å². The van der Waals surface area contributed by atoms with E-state index in [1.807, 2.05) is 0 Å². The van der Waals surface area contributed by atoms with Crippen LogP contribution in [0.4, 0.5) is 10.5 Å².